The number of hydrogen-bond acceptors (Lipinski definition) is 4. The van der Waals surface area contributed by atoms with E-state index in [2.05, 4.69) is 5.32 Å². The first-order valence-electron chi connectivity index (χ1n) is 5.43. The fraction of sp³-hybridized carbons (Fsp3) is 0.417. The van der Waals surface area contributed by atoms with Crippen LogP contribution in [0, 0.1) is 0 Å². The third-order valence-electron chi connectivity index (χ3n) is 2.27. The standard InChI is InChI=1S/C12H18N2O3/c1-8(15)3-4-14-12(16)9-5-10(13)7-11(6-9)17-2/h5-8,15H,3-4,13H2,1-2H3,(H,14,16). The Morgan fingerprint density at radius 2 is 2.24 bits per heavy atom. The number of benzene rings is 1. The molecular weight excluding hydrogens is 220 g/mol. The molecule has 5 nitrogen and oxygen atoms in total. The first kappa shape index (κ1) is 13.3. The second kappa shape index (κ2) is 6.10. The van der Waals surface area contributed by atoms with Crippen LogP contribution >= 0.6 is 0 Å². The second-order valence-electron chi connectivity index (χ2n) is 3.89. The van der Waals surface area contributed by atoms with Gasteiger partial charge in [0.1, 0.15) is 5.75 Å². The fourth-order valence-electron chi connectivity index (χ4n) is 1.37. The lowest BCUT2D eigenvalue weighted by Crippen LogP contribution is -2.26. The van der Waals surface area contributed by atoms with Crippen LogP contribution in [-0.4, -0.2) is 30.8 Å². The number of amides is 1. The third-order valence-corrected chi connectivity index (χ3v) is 2.27. The lowest BCUT2D eigenvalue weighted by atomic mass is 10.1. The molecule has 5 heteroatoms. The summed E-state index contributed by atoms with van der Waals surface area (Å²) in [5, 5.41) is 11.8. The number of nitrogen functional groups attached to an aromatic ring is 1. The van der Waals surface area contributed by atoms with Crippen LogP contribution in [0.15, 0.2) is 18.2 Å². The highest BCUT2D eigenvalue weighted by atomic mass is 16.5. The minimum absolute atomic E-state index is 0.226. The average molecular weight is 238 g/mol. The number of carbonyl (C=O) groups is 1. The van der Waals surface area contributed by atoms with Gasteiger partial charge in [-0.05, 0) is 25.5 Å². The van der Waals surface area contributed by atoms with Crippen LogP contribution in [0.5, 0.6) is 5.75 Å². The van der Waals surface area contributed by atoms with Crippen LogP contribution < -0.4 is 15.8 Å². The van der Waals surface area contributed by atoms with Gasteiger partial charge in [-0.3, -0.25) is 4.79 Å². The molecule has 0 heterocycles. The number of aliphatic hydroxyl groups is 1. The molecule has 1 unspecified atom stereocenters. The quantitative estimate of drug-likeness (QED) is 0.662. The molecule has 1 rings (SSSR count). The summed E-state index contributed by atoms with van der Waals surface area (Å²) in [6.45, 7) is 2.10. The van der Waals surface area contributed by atoms with Crippen molar-refractivity contribution in [3.63, 3.8) is 0 Å². The van der Waals surface area contributed by atoms with Gasteiger partial charge in [0.2, 0.25) is 0 Å². The van der Waals surface area contributed by atoms with Crippen LogP contribution in [0.1, 0.15) is 23.7 Å². The molecule has 1 atom stereocenters. The summed E-state index contributed by atoms with van der Waals surface area (Å²) in [5.41, 5.74) is 6.58. The maximum Gasteiger partial charge on any atom is 0.251 e. The summed E-state index contributed by atoms with van der Waals surface area (Å²) < 4.78 is 5.03. The fourth-order valence-corrected chi connectivity index (χ4v) is 1.37. The molecule has 0 spiro atoms. The Hall–Kier alpha value is -1.75. The molecule has 0 aliphatic carbocycles. The van der Waals surface area contributed by atoms with E-state index in [0.29, 0.717) is 30.0 Å². The molecule has 0 aliphatic rings. The van der Waals surface area contributed by atoms with Gasteiger partial charge < -0.3 is 20.9 Å². The summed E-state index contributed by atoms with van der Waals surface area (Å²) in [5.74, 6) is 0.321. The molecular formula is C12H18N2O3. The summed E-state index contributed by atoms with van der Waals surface area (Å²) >= 11 is 0. The topological polar surface area (TPSA) is 84.6 Å². The predicted molar refractivity (Wildman–Crippen MR) is 66.0 cm³/mol. The first-order valence-corrected chi connectivity index (χ1v) is 5.43. The van der Waals surface area contributed by atoms with Crippen molar-refractivity contribution >= 4 is 11.6 Å². The molecule has 1 aromatic carbocycles. The number of rotatable bonds is 5. The molecule has 4 N–H and O–H groups in total. The molecule has 0 saturated heterocycles. The Balaban J connectivity index is 2.65. The van der Waals surface area contributed by atoms with Crippen molar-refractivity contribution in [1.29, 1.82) is 0 Å². The predicted octanol–water partition coefficient (Wildman–Crippen LogP) is 0.778. The zero-order valence-electron chi connectivity index (χ0n) is 10.1. The molecule has 0 saturated carbocycles. The summed E-state index contributed by atoms with van der Waals surface area (Å²) in [4.78, 5) is 11.7. The summed E-state index contributed by atoms with van der Waals surface area (Å²) in [6.07, 6.45) is 0.0937. The van der Waals surface area contributed by atoms with Crippen molar-refractivity contribution in [1.82, 2.24) is 5.32 Å². The van der Waals surface area contributed by atoms with E-state index in [0.717, 1.165) is 0 Å². The number of methoxy groups -OCH3 is 1. The van der Waals surface area contributed by atoms with Crippen LogP contribution in [0.3, 0.4) is 0 Å². The Bertz CT molecular complexity index is 391. The highest BCUT2D eigenvalue weighted by Crippen LogP contribution is 2.18. The third kappa shape index (κ3) is 4.32. The molecule has 0 fully saturated rings. The van der Waals surface area contributed by atoms with Gasteiger partial charge in [-0.2, -0.15) is 0 Å². The van der Waals surface area contributed by atoms with Crippen molar-refractivity contribution in [2.24, 2.45) is 0 Å². The lowest BCUT2D eigenvalue weighted by molar-refractivity contribution is 0.0945. The molecule has 17 heavy (non-hydrogen) atoms. The zero-order valence-corrected chi connectivity index (χ0v) is 10.1. The molecule has 1 aromatic rings. The van der Waals surface area contributed by atoms with Crippen LogP contribution in [0.2, 0.25) is 0 Å². The molecule has 0 aliphatic heterocycles. The second-order valence-corrected chi connectivity index (χ2v) is 3.89. The lowest BCUT2D eigenvalue weighted by Gasteiger charge is -2.08. The molecule has 1 amide bonds. The number of ether oxygens (including phenoxy) is 1. The smallest absolute Gasteiger partial charge is 0.251 e. The SMILES string of the molecule is COc1cc(N)cc(C(=O)NCCC(C)O)c1. The van der Waals surface area contributed by atoms with Crippen molar-refractivity contribution in [3.8, 4) is 5.75 Å². The normalized spacial score (nSPS) is 11.9. The van der Waals surface area contributed by atoms with Crippen molar-refractivity contribution in [2.75, 3.05) is 19.4 Å². The van der Waals surface area contributed by atoms with Gasteiger partial charge in [0.15, 0.2) is 0 Å². The maximum atomic E-state index is 11.7. The number of hydrogen-bond donors (Lipinski definition) is 3. The minimum Gasteiger partial charge on any atom is -0.497 e. The van der Waals surface area contributed by atoms with E-state index in [1.165, 1.54) is 7.11 Å². The zero-order chi connectivity index (χ0) is 12.8. The molecule has 0 bridgehead atoms. The van der Waals surface area contributed by atoms with E-state index in [-0.39, 0.29) is 5.91 Å². The number of carbonyl (C=O) groups excluding carboxylic acids is 1. The van der Waals surface area contributed by atoms with Gasteiger partial charge in [-0.15, -0.1) is 0 Å². The number of nitrogens with one attached hydrogen (secondary N) is 1. The summed E-state index contributed by atoms with van der Waals surface area (Å²) in [7, 11) is 1.52. The van der Waals surface area contributed by atoms with Crippen LogP contribution in [0.4, 0.5) is 5.69 Å². The highest BCUT2D eigenvalue weighted by molar-refractivity contribution is 5.95. The van der Waals surface area contributed by atoms with Crippen LogP contribution in [0.25, 0.3) is 0 Å². The number of anilines is 1. The monoisotopic (exact) mass is 238 g/mol. The highest BCUT2D eigenvalue weighted by Gasteiger charge is 2.08. The number of aliphatic hydroxyl groups excluding tert-OH is 1. The van der Waals surface area contributed by atoms with Crippen molar-refractivity contribution in [3.05, 3.63) is 23.8 Å². The molecule has 94 valence electrons. The van der Waals surface area contributed by atoms with E-state index in [1.54, 1.807) is 25.1 Å². The van der Waals surface area contributed by atoms with Gasteiger partial charge in [-0.25, -0.2) is 0 Å². The van der Waals surface area contributed by atoms with Gasteiger partial charge in [0.05, 0.1) is 13.2 Å². The van der Waals surface area contributed by atoms with Gasteiger partial charge in [0, 0.05) is 23.9 Å². The largest absolute Gasteiger partial charge is 0.497 e. The van der Waals surface area contributed by atoms with E-state index in [4.69, 9.17) is 15.6 Å². The van der Waals surface area contributed by atoms with Gasteiger partial charge in [-0.1, -0.05) is 0 Å². The van der Waals surface area contributed by atoms with E-state index < -0.39 is 6.10 Å². The van der Waals surface area contributed by atoms with Crippen molar-refractivity contribution < 1.29 is 14.6 Å². The Morgan fingerprint density at radius 1 is 1.53 bits per heavy atom. The van der Waals surface area contributed by atoms with E-state index >= 15 is 0 Å². The minimum atomic E-state index is -0.425. The van der Waals surface area contributed by atoms with Gasteiger partial charge in [0.25, 0.3) is 5.91 Å². The molecule has 0 aromatic heterocycles. The maximum absolute atomic E-state index is 11.7. The number of nitrogens with two attached hydrogens (primary N) is 1. The average Bonchev–Trinajstić information content (AvgIpc) is 2.27. The Kier molecular flexibility index (Phi) is 4.78. The summed E-state index contributed by atoms with van der Waals surface area (Å²) in [6, 6.07) is 4.85. The van der Waals surface area contributed by atoms with Gasteiger partial charge >= 0.3 is 0 Å². The van der Waals surface area contributed by atoms with E-state index in [1.807, 2.05) is 0 Å². The molecule has 0 radical (unpaired) electrons. The Labute approximate surface area is 101 Å². The first-order chi connectivity index (χ1) is 8.02. The Morgan fingerprint density at radius 3 is 2.82 bits per heavy atom. The van der Waals surface area contributed by atoms with E-state index in [9.17, 15) is 4.79 Å². The van der Waals surface area contributed by atoms with Crippen molar-refractivity contribution in [2.45, 2.75) is 19.4 Å². The van der Waals surface area contributed by atoms with Crippen LogP contribution in [-0.2, 0) is 0 Å².